The molecule has 14 rings (SSSR count). The first-order chi connectivity index (χ1) is 33.0. The summed E-state index contributed by atoms with van der Waals surface area (Å²) in [5, 5.41) is 8.23. The number of aromatic nitrogens is 4. The van der Waals surface area contributed by atoms with Gasteiger partial charge in [0.15, 0.2) is 5.82 Å². The van der Waals surface area contributed by atoms with Gasteiger partial charge in [-0.1, -0.05) is 166 Å². The summed E-state index contributed by atoms with van der Waals surface area (Å²) in [6.07, 6.45) is 0. The highest BCUT2D eigenvalue weighted by molar-refractivity contribution is 6.13. The van der Waals surface area contributed by atoms with E-state index in [4.69, 9.17) is 9.97 Å². The molecule has 0 fully saturated rings. The number of hydrogen-bond donors (Lipinski definition) is 0. The highest BCUT2D eigenvalue weighted by Crippen LogP contribution is 2.50. The van der Waals surface area contributed by atoms with E-state index in [9.17, 15) is 0 Å². The molecule has 0 saturated carbocycles. The third-order valence-electron chi connectivity index (χ3n) is 14.5. The third kappa shape index (κ3) is 5.60. The lowest BCUT2D eigenvalue weighted by Crippen LogP contribution is -2.14. The zero-order valence-electron chi connectivity index (χ0n) is 37.1. The summed E-state index contributed by atoms with van der Waals surface area (Å²) < 4.78 is 4.78. The molecule has 0 spiro atoms. The van der Waals surface area contributed by atoms with Gasteiger partial charge in [0, 0.05) is 60.2 Å². The van der Waals surface area contributed by atoms with Crippen LogP contribution in [-0.2, 0) is 5.41 Å². The molecule has 13 aromatic rings. The number of hydrogen-bond acceptors (Lipinski definition) is 2. The Bertz CT molecular complexity index is 4190. The predicted octanol–water partition coefficient (Wildman–Crippen LogP) is 16.3. The second kappa shape index (κ2) is 14.2. The van der Waals surface area contributed by atoms with Gasteiger partial charge in [-0.3, -0.25) is 0 Å². The Hall–Kier alpha value is -8.60. The first-order valence-corrected chi connectivity index (χ1v) is 23.2. The van der Waals surface area contributed by atoms with E-state index in [0.717, 1.165) is 60.9 Å². The van der Waals surface area contributed by atoms with Crippen molar-refractivity contribution in [2.45, 2.75) is 19.3 Å². The van der Waals surface area contributed by atoms with Gasteiger partial charge in [0.1, 0.15) is 0 Å². The lowest BCUT2D eigenvalue weighted by molar-refractivity contribution is 0.660. The summed E-state index contributed by atoms with van der Waals surface area (Å²) in [5.41, 5.74) is 18.4. The molecule has 10 aromatic carbocycles. The predicted molar refractivity (Wildman–Crippen MR) is 280 cm³/mol. The zero-order chi connectivity index (χ0) is 44.4. The minimum absolute atomic E-state index is 0.0780. The Morgan fingerprint density at radius 1 is 0.343 bits per heavy atom. The van der Waals surface area contributed by atoms with Crippen molar-refractivity contribution in [3.05, 3.63) is 230 Å². The molecule has 314 valence electrons. The molecule has 1 aliphatic carbocycles. The fourth-order valence-corrected chi connectivity index (χ4v) is 11.3. The van der Waals surface area contributed by atoms with E-state index in [2.05, 4.69) is 241 Å². The van der Waals surface area contributed by atoms with E-state index in [1.54, 1.807) is 0 Å². The third-order valence-corrected chi connectivity index (χ3v) is 14.5. The van der Waals surface area contributed by atoms with Crippen LogP contribution in [0, 0.1) is 0 Å². The van der Waals surface area contributed by atoms with Crippen molar-refractivity contribution in [2.75, 3.05) is 0 Å². The molecule has 0 amide bonds. The van der Waals surface area contributed by atoms with E-state index in [-0.39, 0.29) is 5.41 Å². The van der Waals surface area contributed by atoms with Gasteiger partial charge in [-0.25, -0.2) is 9.97 Å². The number of para-hydroxylation sites is 3. The monoisotopic (exact) mass is 854 g/mol. The van der Waals surface area contributed by atoms with E-state index in [0.29, 0.717) is 5.82 Å². The van der Waals surface area contributed by atoms with Crippen LogP contribution in [0.3, 0.4) is 0 Å². The fraction of sp³-hybridized carbons (Fsp3) is 0.0476. The average Bonchev–Trinajstić information content (AvgIpc) is 3.98. The smallest absolute Gasteiger partial charge is 0.160 e. The Morgan fingerprint density at radius 2 is 0.955 bits per heavy atom. The van der Waals surface area contributed by atoms with Crippen molar-refractivity contribution in [2.24, 2.45) is 0 Å². The Morgan fingerprint density at radius 3 is 1.81 bits per heavy atom. The number of fused-ring (bicyclic) bond motifs is 12. The molecule has 0 saturated heterocycles. The molecule has 4 heteroatoms. The maximum absolute atomic E-state index is 5.51. The van der Waals surface area contributed by atoms with Crippen LogP contribution in [0.15, 0.2) is 218 Å². The molecule has 1 aliphatic rings. The van der Waals surface area contributed by atoms with Crippen LogP contribution in [0.4, 0.5) is 0 Å². The molecule has 0 radical (unpaired) electrons. The molecule has 0 N–H and O–H groups in total. The van der Waals surface area contributed by atoms with Crippen molar-refractivity contribution < 1.29 is 0 Å². The average molecular weight is 855 g/mol. The summed E-state index contributed by atoms with van der Waals surface area (Å²) >= 11 is 0. The molecule has 0 bridgehead atoms. The normalized spacial score (nSPS) is 13.0. The first kappa shape index (κ1) is 37.7. The van der Waals surface area contributed by atoms with Gasteiger partial charge in [-0.2, -0.15) is 0 Å². The quantitative estimate of drug-likeness (QED) is 0.162. The maximum Gasteiger partial charge on any atom is 0.160 e. The van der Waals surface area contributed by atoms with Gasteiger partial charge < -0.3 is 9.13 Å². The lowest BCUT2D eigenvalue weighted by atomic mass is 9.82. The first-order valence-electron chi connectivity index (χ1n) is 23.2. The van der Waals surface area contributed by atoms with Crippen molar-refractivity contribution in [3.63, 3.8) is 0 Å². The SMILES string of the molecule is CC1(C)c2ccccc2-c2cc(-c3nc(-c4cccc(-n5c6ccccc6c6ccc(-c7ccc8c(c7)c7ccccc7n8-c7ccccc7)cc65)c4)nc4c3ccc3ccccc34)ccc21. The van der Waals surface area contributed by atoms with Gasteiger partial charge in [-0.15, -0.1) is 0 Å². The van der Waals surface area contributed by atoms with E-state index in [1.165, 1.54) is 66.0 Å². The van der Waals surface area contributed by atoms with Crippen LogP contribution in [0.25, 0.3) is 122 Å². The molecule has 4 nitrogen and oxygen atoms in total. The molecular formula is C63H42N4. The van der Waals surface area contributed by atoms with Crippen LogP contribution in [0.5, 0.6) is 0 Å². The highest BCUT2D eigenvalue weighted by Gasteiger charge is 2.35. The van der Waals surface area contributed by atoms with Crippen molar-refractivity contribution >= 4 is 65.3 Å². The van der Waals surface area contributed by atoms with Crippen molar-refractivity contribution in [3.8, 4) is 56.3 Å². The topological polar surface area (TPSA) is 35.6 Å². The van der Waals surface area contributed by atoms with Crippen LogP contribution in [-0.4, -0.2) is 19.1 Å². The van der Waals surface area contributed by atoms with Crippen LogP contribution < -0.4 is 0 Å². The minimum atomic E-state index is -0.0780. The Balaban J connectivity index is 0.942. The molecule has 67 heavy (non-hydrogen) atoms. The summed E-state index contributed by atoms with van der Waals surface area (Å²) in [7, 11) is 0. The van der Waals surface area contributed by atoms with Gasteiger partial charge in [-0.05, 0) is 105 Å². The van der Waals surface area contributed by atoms with Gasteiger partial charge in [0.2, 0.25) is 0 Å². The highest BCUT2D eigenvalue weighted by atomic mass is 15.0. The Labute approximate surface area is 387 Å². The number of rotatable bonds is 5. The molecule has 0 unspecified atom stereocenters. The van der Waals surface area contributed by atoms with Crippen LogP contribution in [0.1, 0.15) is 25.0 Å². The number of nitrogens with zero attached hydrogens (tertiary/aromatic N) is 4. The van der Waals surface area contributed by atoms with Crippen LogP contribution >= 0.6 is 0 Å². The second-order valence-electron chi connectivity index (χ2n) is 18.6. The summed E-state index contributed by atoms with van der Waals surface area (Å²) in [6.45, 7) is 4.66. The maximum atomic E-state index is 5.51. The van der Waals surface area contributed by atoms with E-state index < -0.39 is 0 Å². The summed E-state index contributed by atoms with van der Waals surface area (Å²) in [5.74, 6) is 0.700. The van der Waals surface area contributed by atoms with E-state index >= 15 is 0 Å². The minimum Gasteiger partial charge on any atom is -0.309 e. The molecule has 0 atom stereocenters. The zero-order valence-corrected chi connectivity index (χ0v) is 37.1. The van der Waals surface area contributed by atoms with Crippen molar-refractivity contribution in [1.82, 2.24) is 19.1 Å². The molecule has 0 aliphatic heterocycles. The molecule has 3 heterocycles. The van der Waals surface area contributed by atoms with Crippen molar-refractivity contribution in [1.29, 1.82) is 0 Å². The summed E-state index contributed by atoms with van der Waals surface area (Å²) in [4.78, 5) is 10.9. The molecular weight excluding hydrogens is 813 g/mol. The Kier molecular flexibility index (Phi) is 8.00. The van der Waals surface area contributed by atoms with Crippen LogP contribution in [0.2, 0.25) is 0 Å². The summed E-state index contributed by atoms with van der Waals surface area (Å²) in [6, 6.07) is 79.5. The standard InChI is InChI=1S/C63H42N4/c1-63(2)54-24-11-8-21-47(54)52-37-42(29-33-55(52)63)60-51-32-27-39-15-6-7-20-46(39)61(51)65-62(64-60)43-16-14-19-45(35-43)67-56-25-12-9-22-48(56)50-31-28-41(38-59(50)67)40-30-34-58-53(36-40)49-23-10-13-26-57(49)66(58)44-17-4-3-5-18-44/h3-38H,1-2H3. The van der Waals surface area contributed by atoms with E-state index in [1.807, 2.05) is 0 Å². The van der Waals surface area contributed by atoms with Gasteiger partial charge in [0.05, 0.1) is 33.3 Å². The molecule has 3 aromatic heterocycles. The lowest BCUT2D eigenvalue weighted by Gasteiger charge is -2.21. The van der Waals surface area contributed by atoms with Gasteiger partial charge in [0.25, 0.3) is 0 Å². The fourth-order valence-electron chi connectivity index (χ4n) is 11.3. The number of benzene rings is 10. The largest absolute Gasteiger partial charge is 0.309 e. The van der Waals surface area contributed by atoms with Gasteiger partial charge >= 0.3 is 0 Å². The second-order valence-corrected chi connectivity index (χ2v) is 18.6.